The molecular weight excluding hydrogens is 294 g/mol. The van der Waals surface area contributed by atoms with Gasteiger partial charge in [-0.15, -0.1) is 0 Å². The monoisotopic (exact) mass is 315 g/mol. The van der Waals surface area contributed by atoms with Crippen molar-refractivity contribution >= 4 is 17.6 Å². The molecule has 2 aromatic heterocycles. The van der Waals surface area contributed by atoms with Gasteiger partial charge in [-0.2, -0.15) is 5.10 Å². The summed E-state index contributed by atoms with van der Waals surface area (Å²) in [5.74, 6) is 0.454. The fraction of sp³-hybridized carbons (Fsp3) is 0.438. The number of nitrogens with zero attached hydrogens (tertiary/aromatic N) is 4. The SMILES string of the molecule is CC(=O)Nc1ccn([C@H]2CCN(C(=O)c3ccc(C)n3C)C2)n1. The van der Waals surface area contributed by atoms with Gasteiger partial charge in [-0.3, -0.25) is 14.3 Å². The second-order valence-corrected chi connectivity index (χ2v) is 5.97. The first kappa shape index (κ1) is 15.3. The summed E-state index contributed by atoms with van der Waals surface area (Å²) in [4.78, 5) is 25.5. The van der Waals surface area contributed by atoms with Crippen LogP contribution in [-0.2, 0) is 11.8 Å². The predicted octanol–water partition coefficient (Wildman–Crippen LogP) is 1.58. The highest BCUT2D eigenvalue weighted by atomic mass is 16.2. The zero-order valence-corrected chi connectivity index (χ0v) is 13.6. The molecule has 1 aliphatic rings. The zero-order chi connectivity index (χ0) is 16.6. The first-order valence-electron chi connectivity index (χ1n) is 7.70. The van der Waals surface area contributed by atoms with E-state index in [0.29, 0.717) is 24.6 Å². The van der Waals surface area contributed by atoms with Gasteiger partial charge in [0.2, 0.25) is 5.91 Å². The molecule has 7 nitrogen and oxygen atoms in total. The molecule has 2 aromatic rings. The molecule has 23 heavy (non-hydrogen) atoms. The van der Waals surface area contributed by atoms with E-state index in [0.717, 1.165) is 12.1 Å². The maximum Gasteiger partial charge on any atom is 0.270 e. The maximum atomic E-state index is 12.6. The van der Waals surface area contributed by atoms with E-state index in [1.807, 2.05) is 46.4 Å². The van der Waals surface area contributed by atoms with Crippen LogP contribution in [0.2, 0.25) is 0 Å². The highest BCUT2D eigenvalue weighted by molar-refractivity contribution is 5.93. The van der Waals surface area contributed by atoms with Gasteiger partial charge in [0.05, 0.1) is 6.04 Å². The summed E-state index contributed by atoms with van der Waals surface area (Å²) in [7, 11) is 1.91. The number of rotatable bonds is 3. The average molecular weight is 315 g/mol. The Morgan fingerprint density at radius 1 is 1.30 bits per heavy atom. The fourth-order valence-corrected chi connectivity index (χ4v) is 2.92. The molecule has 0 saturated carbocycles. The number of likely N-dealkylation sites (tertiary alicyclic amines) is 1. The Labute approximate surface area is 134 Å². The van der Waals surface area contributed by atoms with Crippen molar-refractivity contribution in [3.05, 3.63) is 35.8 Å². The summed E-state index contributed by atoms with van der Waals surface area (Å²) in [6.07, 6.45) is 2.70. The van der Waals surface area contributed by atoms with Gasteiger partial charge in [0.1, 0.15) is 5.69 Å². The number of carbonyl (C=O) groups excluding carboxylic acids is 2. The molecule has 0 radical (unpaired) electrons. The molecular formula is C16H21N5O2. The van der Waals surface area contributed by atoms with Crippen molar-refractivity contribution in [1.82, 2.24) is 19.2 Å². The molecule has 3 heterocycles. The average Bonchev–Trinajstić information content (AvgIpc) is 3.20. The lowest BCUT2D eigenvalue weighted by Gasteiger charge is -2.17. The van der Waals surface area contributed by atoms with E-state index in [-0.39, 0.29) is 17.9 Å². The zero-order valence-electron chi connectivity index (χ0n) is 13.6. The summed E-state index contributed by atoms with van der Waals surface area (Å²) in [6, 6.07) is 5.73. The van der Waals surface area contributed by atoms with Crippen LogP contribution >= 0.6 is 0 Å². The summed E-state index contributed by atoms with van der Waals surface area (Å²) < 4.78 is 3.74. The number of aromatic nitrogens is 3. The number of amides is 2. The molecule has 0 aromatic carbocycles. The number of hydrogen-bond donors (Lipinski definition) is 1. The smallest absolute Gasteiger partial charge is 0.270 e. The molecule has 2 amide bonds. The minimum absolute atomic E-state index is 0.0531. The number of aryl methyl sites for hydroxylation is 1. The molecule has 7 heteroatoms. The quantitative estimate of drug-likeness (QED) is 0.934. The molecule has 1 saturated heterocycles. The Morgan fingerprint density at radius 2 is 2.09 bits per heavy atom. The number of anilines is 1. The number of carbonyl (C=O) groups is 2. The van der Waals surface area contributed by atoms with E-state index in [9.17, 15) is 9.59 Å². The van der Waals surface area contributed by atoms with Crippen LogP contribution in [0.5, 0.6) is 0 Å². The first-order chi connectivity index (χ1) is 11.0. The van der Waals surface area contributed by atoms with Crippen LogP contribution in [0.25, 0.3) is 0 Å². The van der Waals surface area contributed by atoms with Crippen molar-refractivity contribution in [3.63, 3.8) is 0 Å². The molecule has 122 valence electrons. The largest absolute Gasteiger partial charge is 0.344 e. The van der Waals surface area contributed by atoms with Crippen LogP contribution in [0.3, 0.4) is 0 Å². The van der Waals surface area contributed by atoms with Gasteiger partial charge < -0.3 is 14.8 Å². The van der Waals surface area contributed by atoms with Crippen LogP contribution in [0.15, 0.2) is 24.4 Å². The minimum atomic E-state index is -0.141. The van der Waals surface area contributed by atoms with E-state index < -0.39 is 0 Å². The number of hydrogen-bond acceptors (Lipinski definition) is 3. The van der Waals surface area contributed by atoms with E-state index in [1.54, 1.807) is 6.07 Å². The van der Waals surface area contributed by atoms with Crippen molar-refractivity contribution in [1.29, 1.82) is 0 Å². The Bertz CT molecular complexity index is 745. The molecule has 1 aliphatic heterocycles. The van der Waals surface area contributed by atoms with Gasteiger partial charge in [0.15, 0.2) is 5.82 Å². The second-order valence-electron chi connectivity index (χ2n) is 5.97. The molecule has 0 unspecified atom stereocenters. The first-order valence-corrected chi connectivity index (χ1v) is 7.70. The van der Waals surface area contributed by atoms with Crippen molar-refractivity contribution in [2.24, 2.45) is 7.05 Å². The highest BCUT2D eigenvalue weighted by Gasteiger charge is 2.29. The van der Waals surface area contributed by atoms with Gasteiger partial charge in [-0.25, -0.2) is 0 Å². The third-order valence-electron chi connectivity index (χ3n) is 4.33. The van der Waals surface area contributed by atoms with Crippen LogP contribution < -0.4 is 5.32 Å². The summed E-state index contributed by atoms with van der Waals surface area (Å²) in [5, 5.41) is 7.03. The summed E-state index contributed by atoms with van der Waals surface area (Å²) in [6.45, 7) is 4.78. The van der Waals surface area contributed by atoms with Crippen LogP contribution in [0.1, 0.15) is 35.6 Å². The van der Waals surface area contributed by atoms with E-state index >= 15 is 0 Å². The second kappa shape index (κ2) is 5.91. The molecule has 1 N–H and O–H groups in total. The van der Waals surface area contributed by atoms with Gasteiger partial charge in [0.25, 0.3) is 5.91 Å². The molecule has 1 fully saturated rings. The normalized spacial score (nSPS) is 17.5. The van der Waals surface area contributed by atoms with Crippen LogP contribution in [0, 0.1) is 6.92 Å². The van der Waals surface area contributed by atoms with Crippen molar-refractivity contribution in [2.75, 3.05) is 18.4 Å². The van der Waals surface area contributed by atoms with Crippen LogP contribution in [-0.4, -0.2) is 44.2 Å². The predicted molar refractivity (Wildman–Crippen MR) is 86.2 cm³/mol. The molecule has 1 atom stereocenters. The standard InChI is InChI=1S/C16H21N5O2/c1-11-4-5-14(19(11)3)16(23)20-8-6-13(10-20)21-9-7-15(18-21)17-12(2)22/h4-5,7,9,13H,6,8,10H2,1-3H3,(H,17,18,22)/t13-/m0/s1. The van der Waals surface area contributed by atoms with Gasteiger partial charge >= 0.3 is 0 Å². The maximum absolute atomic E-state index is 12.6. The Kier molecular flexibility index (Phi) is 3.94. The van der Waals surface area contributed by atoms with E-state index in [1.165, 1.54) is 6.92 Å². The molecule has 0 bridgehead atoms. The molecule has 0 spiro atoms. The van der Waals surface area contributed by atoms with Gasteiger partial charge in [0, 0.05) is 45.0 Å². The summed E-state index contributed by atoms with van der Waals surface area (Å²) >= 11 is 0. The van der Waals surface area contributed by atoms with E-state index in [4.69, 9.17) is 0 Å². The van der Waals surface area contributed by atoms with Crippen molar-refractivity contribution in [3.8, 4) is 0 Å². The van der Waals surface area contributed by atoms with Gasteiger partial charge in [-0.05, 0) is 25.5 Å². The van der Waals surface area contributed by atoms with Crippen molar-refractivity contribution < 1.29 is 9.59 Å². The van der Waals surface area contributed by atoms with Gasteiger partial charge in [-0.1, -0.05) is 0 Å². The lowest BCUT2D eigenvalue weighted by atomic mass is 10.3. The Balaban J connectivity index is 1.68. The number of nitrogens with one attached hydrogen (secondary N) is 1. The van der Waals surface area contributed by atoms with E-state index in [2.05, 4.69) is 10.4 Å². The third-order valence-corrected chi connectivity index (χ3v) is 4.33. The Morgan fingerprint density at radius 3 is 2.74 bits per heavy atom. The minimum Gasteiger partial charge on any atom is -0.344 e. The fourth-order valence-electron chi connectivity index (χ4n) is 2.92. The molecule has 3 rings (SSSR count). The van der Waals surface area contributed by atoms with Crippen LogP contribution in [0.4, 0.5) is 5.82 Å². The third kappa shape index (κ3) is 2.99. The topological polar surface area (TPSA) is 72.2 Å². The lowest BCUT2D eigenvalue weighted by Crippen LogP contribution is -2.30. The summed E-state index contributed by atoms with van der Waals surface area (Å²) in [5.41, 5.74) is 1.78. The highest BCUT2D eigenvalue weighted by Crippen LogP contribution is 2.24. The molecule has 0 aliphatic carbocycles. The van der Waals surface area contributed by atoms with Crippen molar-refractivity contribution in [2.45, 2.75) is 26.3 Å². The Hall–Kier alpha value is -2.57. The lowest BCUT2D eigenvalue weighted by molar-refractivity contribution is -0.114.